The maximum Gasteiger partial charge on any atom is 0.256 e. The first-order chi connectivity index (χ1) is 9.04. The van der Waals surface area contributed by atoms with Gasteiger partial charge in [-0.2, -0.15) is 0 Å². The van der Waals surface area contributed by atoms with Crippen molar-refractivity contribution in [2.24, 2.45) is 11.8 Å². The molecule has 19 heavy (non-hydrogen) atoms. The number of anilines is 1. The highest BCUT2D eigenvalue weighted by Gasteiger charge is 2.29. The number of hydrogen-bond donors (Lipinski definition) is 2. The highest BCUT2D eigenvalue weighted by molar-refractivity contribution is 5.99. The Morgan fingerprint density at radius 2 is 2.16 bits per heavy atom. The van der Waals surface area contributed by atoms with Crippen LogP contribution in [-0.2, 0) is 0 Å². The molecule has 0 bridgehead atoms. The van der Waals surface area contributed by atoms with Gasteiger partial charge in [0, 0.05) is 12.6 Å². The largest absolute Gasteiger partial charge is 0.336 e. The summed E-state index contributed by atoms with van der Waals surface area (Å²) in [7, 11) is 0. The van der Waals surface area contributed by atoms with E-state index in [-0.39, 0.29) is 17.6 Å². The van der Waals surface area contributed by atoms with Crippen molar-refractivity contribution in [1.29, 1.82) is 0 Å². The van der Waals surface area contributed by atoms with Crippen LogP contribution in [0.3, 0.4) is 0 Å². The first-order valence-electron chi connectivity index (χ1n) is 6.60. The molecule has 0 aliphatic carbocycles. The Hall–Kier alpha value is -1.62. The van der Waals surface area contributed by atoms with E-state index in [1.54, 1.807) is 6.07 Å². The lowest BCUT2D eigenvalue weighted by atomic mass is 9.94. The fourth-order valence-corrected chi connectivity index (χ4v) is 2.58. The first kappa shape index (κ1) is 13.8. The summed E-state index contributed by atoms with van der Waals surface area (Å²) in [5.41, 5.74) is 2.65. The number of nitrogen functional groups attached to an aromatic ring is 1. The number of hydrazine groups is 1. The summed E-state index contributed by atoms with van der Waals surface area (Å²) in [4.78, 5) is 14.4. The van der Waals surface area contributed by atoms with Gasteiger partial charge in [-0.25, -0.2) is 4.39 Å². The summed E-state index contributed by atoms with van der Waals surface area (Å²) >= 11 is 0. The number of halogens is 1. The molecule has 2 atom stereocenters. The van der Waals surface area contributed by atoms with E-state index in [4.69, 9.17) is 5.84 Å². The number of likely N-dealkylation sites (tertiary alicyclic amines) is 1. The number of rotatable bonds is 2. The number of nitrogens with two attached hydrogens (primary N) is 1. The molecule has 1 aromatic carbocycles. The molecule has 0 spiro atoms. The topological polar surface area (TPSA) is 58.4 Å². The molecular formula is C14H20FN3O. The van der Waals surface area contributed by atoms with Crippen LogP contribution < -0.4 is 11.3 Å². The van der Waals surface area contributed by atoms with Crippen LogP contribution in [0, 0.1) is 11.7 Å². The van der Waals surface area contributed by atoms with Gasteiger partial charge in [0.2, 0.25) is 0 Å². The molecule has 1 amide bonds. The smallest absolute Gasteiger partial charge is 0.256 e. The SMILES string of the molecule is CC1CCC(C)N(C(=O)c2cccc(F)c2NN)C1. The van der Waals surface area contributed by atoms with E-state index in [2.05, 4.69) is 12.3 Å². The maximum absolute atomic E-state index is 13.6. The average molecular weight is 265 g/mol. The van der Waals surface area contributed by atoms with Crippen molar-refractivity contribution < 1.29 is 9.18 Å². The van der Waals surface area contributed by atoms with E-state index in [1.807, 2.05) is 11.8 Å². The number of amides is 1. The lowest BCUT2D eigenvalue weighted by Crippen LogP contribution is -2.45. The van der Waals surface area contributed by atoms with Crippen molar-refractivity contribution in [2.45, 2.75) is 32.7 Å². The highest BCUT2D eigenvalue weighted by Crippen LogP contribution is 2.26. The summed E-state index contributed by atoms with van der Waals surface area (Å²) in [5, 5.41) is 0. The van der Waals surface area contributed by atoms with Gasteiger partial charge in [-0.1, -0.05) is 13.0 Å². The van der Waals surface area contributed by atoms with Crippen LogP contribution in [0.4, 0.5) is 10.1 Å². The molecule has 1 heterocycles. The number of nitrogens with zero attached hydrogens (tertiary/aromatic N) is 1. The molecule has 1 aliphatic rings. The standard InChI is InChI=1S/C14H20FN3O/c1-9-6-7-10(2)18(8-9)14(19)11-4-3-5-12(15)13(11)17-16/h3-5,9-10,17H,6-8,16H2,1-2H3. The van der Waals surface area contributed by atoms with E-state index in [1.165, 1.54) is 12.1 Å². The Bertz CT molecular complexity index is 478. The molecule has 1 aliphatic heterocycles. The van der Waals surface area contributed by atoms with Crippen LogP contribution in [0.25, 0.3) is 0 Å². The lowest BCUT2D eigenvalue weighted by Gasteiger charge is -2.37. The number of benzene rings is 1. The second-order valence-corrected chi connectivity index (χ2v) is 5.30. The summed E-state index contributed by atoms with van der Waals surface area (Å²) in [6, 6.07) is 4.60. The Labute approximate surface area is 112 Å². The van der Waals surface area contributed by atoms with Crippen molar-refractivity contribution in [1.82, 2.24) is 4.90 Å². The zero-order chi connectivity index (χ0) is 14.0. The van der Waals surface area contributed by atoms with Crippen LogP contribution >= 0.6 is 0 Å². The highest BCUT2D eigenvalue weighted by atomic mass is 19.1. The molecule has 1 fully saturated rings. The number of carbonyl (C=O) groups is 1. The predicted molar refractivity (Wildman–Crippen MR) is 73.1 cm³/mol. The lowest BCUT2D eigenvalue weighted by molar-refractivity contribution is 0.0574. The minimum atomic E-state index is -0.508. The Morgan fingerprint density at radius 3 is 2.84 bits per heavy atom. The Balaban J connectivity index is 2.31. The molecule has 2 rings (SSSR count). The van der Waals surface area contributed by atoms with Gasteiger partial charge in [0.1, 0.15) is 5.82 Å². The second-order valence-electron chi connectivity index (χ2n) is 5.30. The van der Waals surface area contributed by atoms with Crippen molar-refractivity contribution in [3.8, 4) is 0 Å². The Kier molecular flexibility index (Phi) is 4.04. The summed E-state index contributed by atoms with van der Waals surface area (Å²) in [6.07, 6.45) is 2.10. The van der Waals surface area contributed by atoms with Gasteiger partial charge in [0.25, 0.3) is 5.91 Å². The number of hydrogen-bond acceptors (Lipinski definition) is 3. The van der Waals surface area contributed by atoms with Crippen LogP contribution in [0.1, 0.15) is 37.0 Å². The molecular weight excluding hydrogens is 245 g/mol. The van der Waals surface area contributed by atoms with Gasteiger partial charge >= 0.3 is 0 Å². The first-order valence-corrected chi connectivity index (χ1v) is 6.60. The molecule has 0 aromatic heterocycles. The normalized spacial score (nSPS) is 23.3. The third kappa shape index (κ3) is 2.71. The van der Waals surface area contributed by atoms with E-state index in [0.29, 0.717) is 18.0 Å². The number of piperidine rings is 1. The molecule has 1 saturated heterocycles. The molecule has 0 radical (unpaired) electrons. The quantitative estimate of drug-likeness (QED) is 0.637. The zero-order valence-electron chi connectivity index (χ0n) is 11.3. The number of carbonyl (C=O) groups excluding carboxylic acids is 1. The maximum atomic E-state index is 13.6. The van der Waals surface area contributed by atoms with E-state index >= 15 is 0 Å². The van der Waals surface area contributed by atoms with Crippen molar-refractivity contribution in [2.75, 3.05) is 12.0 Å². The molecule has 3 N–H and O–H groups in total. The van der Waals surface area contributed by atoms with Gasteiger partial charge in [0.15, 0.2) is 0 Å². The molecule has 5 heteroatoms. The third-order valence-corrected chi connectivity index (χ3v) is 3.77. The zero-order valence-corrected chi connectivity index (χ0v) is 11.3. The second kappa shape index (κ2) is 5.57. The van der Waals surface area contributed by atoms with E-state index in [9.17, 15) is 9.18 Å². The predicted octanol–water partition coefficient (Wildman–Crippen LogP) is 2.37. The van der Waals surface area contributed by atoms with Crippen molar-refractivity contribution in [3.63, 3.8) is 0 Å². The van der Waals surface area contributed by atoms with Gasteiger partial charge in [-0.15, -0.1) is 0 Å². The minimum Gasteiger partial charge on any atom is -0.336 e. The van der Waals surface area contributed by atoms with Gasteiger partial charge in [-0.05, 0) is 37.8 Å². The number of para-hydroxylation sites is 1. The van der Waals surface area contributed by atoms with E-state index < -0.39 is 5.82 Å². The Morgan fingerprint density at radius 1 is 1.42 bits per heavy atom. The summed E-state index contributed by atoms with van der Waals surface area (Å²) in [6.45, 7) is 4.86. The molecule has 0 saturated carbocycles. The van der Waals surface area contributed by atoms with Gasteiger partial charge < -0.3 is 10.3 Å². The van der Waals surface area contributed by atoms with E-state index in [0.717, 1.165) is 12.8 Å². The average Bonchev–Trinajstić information content (AvgIpc) is 2.40. The summed E-state index contributed by atoms with van der Waals surface area (Å²) < 4.78 is 13.6. The molecule has 1 aromatic rings. The molecule has 104 valence electrons. The van der Waals surface area contributed by atoms with Crippen LogP contribution in [0.2, 0.25) is 0 Å². The molecule has 4 nitrogen and oxygen atoms in total. The van der Waals surface area contributed by atoms with Crippen molar-refractivity contribution >= 4 is 11.6 Å². The van der Waals surface area contributed by atoms with Crippen LogP contribution in [0.5, 0.6) is 0 Å². The molecule has 2 unspecified atom stereocenters. The summed E-state index contributed by atoms with van der Waals surface area (Å²) in [5.74, 6) is 5.13. The minimum absolute atomic E-state index is 0.0675. The van der Waals surface area contributed by atoms with Gasteiger partial charge in [-0.3, -0.25) is 10.6 Å². The fourth-order valence-electron chi connectivity index (χ4n) is 2.58. The number of nitrogens with one attached hydrogen (secondary N) is 1. The van der Waals surface area contributed by atoms with Gasteiger partial charge in [0.05, 0.1) is 11.3 Å². The van der Waals surface area contributed by atoms with Crippen LogP contribution in [-0.4, -0.2) is 23.4 Å². The monoisotopic (exact) mass is 265 g/mol. The van der Waals surface area contributed by atoms with Crippen molar-refractivity contribution in [3.05, 3.63) is 29.6 Å². The third-order valence-electron chi connectivity index (χ3n) is 3.77. The fraction of sp³-hybridized carbons (Fsp3) is 0.500. The van der Waals surface area contributed by atoms with Crippen LogP contribution in [0.15, 0.2) is 18.2 Å².